The summed E-state index contributed by atoms with van der Waals surface area (Å²) in [5.41, 5.74) is 2.52. The van der Waals surface area contributed by atoms with E-state index in [4.69, 9.17) is 4.74 Å². The quantitative estimate of drug-likeness (QED) is 0.656. The van der Waals surface area contributed by atoms with Gasteiger partial charge in [-0.05, 0) is 37.3 Å². The van der Waals surface area contributed by atoms with E-state index < -0.39 is 5.97 Å². The second-order valence-electron chi connectivity index (χ2n) is 4.91. The predicted molar refractivity (Wildman–Crippen MR) is 87.6 cm³/mol. The highest BCUT2D eigenvalue weighted by atomic mass is 79.9. The molecule has 2 aromatic carbocycles. The Kier molecular flexibility index (Phi) is 3.81. The Bertz CT molecular complexity index is 807. The Morgan fingerprint density at radius 2 is 1.91 bits per heavy atom. The van der Waals surface area contributed by atoms with Gasteiger partial charge in [0.25, 0.3) is 0 Å². The SMILES string of the molecule is Cc1ccc(C2=N/C(=C\c3ccc(Br)cc3O)C(=O)O2)cc1. The van der Waals surface area contributed by atoms with Crippen LogP contribution < -0.4 is 0 Å². The van der Waals surface area contributed by atoms with Gasteiger partial charge in [-0.15, -0.1) is 0 Å². The van der Waals surface area contributed by atoms with Crippen molar-refractivity contribution in [3.8, 4) is 5.75 Å². The van der Waals surface area contributed by atoms with Gasteiger partial charge in [0.2, 0.25) is 5.90 Å². The molecule has 2 aromatic rings. The van der Waals surface area contributed by atoms with Crippen molar-refractivity contribution in [2.24, 2.45) is 4.99 Å². The first-order valence-corrected chi connectivity index (χ1v) is 7.40. The van der Waals surface area contributed by atoms with E-state index in [-0.39, 0.29) is 17.3 Å². The summed E-state index contributed by atoms with van der Waals surface area (Å²) in [6, 6.07) is 12.6. The number of rotatable bonds is 2. The standard InChI is InChI=1S/C17H12BrNO3/c1-10-2-4-11(5-3-10)16-19-14(17(21)22-16)8-12-6-7-13(18)9-15(12)20/h2-9,20H,1H3/b14-8-. The summed E-state index contributed by atoms with van der Waals surface area (Å²) in [6.07, 6.45) is 1.51. The van der Waals surface area contributed by atoms with Gasteiger partial charge in [-0.25, -0.2) is 9.79 Å². The zero-order chi connectivity index (χ0) is 15.7. The monoisotopic (exact) mass is 357 g/mol. The van der Waals surface area contributed by atoms with Gasteiger partial charge < -0.3 is 9.84 Å². The molecule has 22 heavy (non-hydrogen) atoms. The van der Waals surface area contributed by atoms with Crippen LogP contribution in [0.15, 0.2) is 57.6 Å². The molecule has 0 saturated carbocycles. The number of phenolic OH excluding ortho intramolecular Hbond substituents is 1. The van der Waals surface area contributed by atoms with Gasteiger partial charge in [0.05, 0.1) is 0 Å². The van der Waals surface area contributed by atoms with Crippen molar-refractivity contribution >= 4 is 33.9 Å². The van der Waals surface area contributed by atoms with E-state index >= 15 is 0 Å². The number of hydrogen-bond acceptors (Lipinski definition) is 4. The third kappa shape index (κ3) is 2.94. The molecule has 0 bridgehead atoms. The fraction of sp³-hybridized carbons (Fsp3) is 0.0588. The number of benzene rings is 2. The summed E-state index contributed by atoms with van der Waals surface area (Å²) in [7, 11) is 0. The molecule has 1 aliphatic rings. The molecule has 3 rings (SSSR count). The molecule has 1 aliphatic heterocycles. The lowest BCUT2D eigenvalue weighted by molar-refractivity contribution is -0.129. The van der Waals surface area contributed by atoms with Gasteiger partial charge in [0.1, 0.15) is 5.75 Å². The van der Waals surface area contributed by atoms with E-state index in [1.165, 1.54) is 6.08 Å². The summed E-state index contributed by atoms with van der Waals surface area (Å²) >= 11 is 3.27. The minimum absolute atomic E-state index is 0.0636. The lowest BCUT2D eigenvalue weighted by Gasteiger charge is -1.99. The van der Waals surface area contributed by atoms with Gasteiger partial charge in [-0.3, -0.25) is 0 Å². The molecule has 0 aliphatic carbocycles. The Hall–Kier alpha value is -2.40. The topological polar surface area (TPSA) is 58.9 Å². The Balaban J connectivity index is 1.95. The van der Waals surface area contributed by atoms with E-state index in [0.29, 0.717) is 5.56 Å². The highest BCUT2D eigenvalue weighted by Crippen LogP contribution is 2.26. The summed E-state index contributed by atoms with van der Waals surface area (Å²) in [4.78, 5) is 16.1. The number of aliphatic imine (C=N–C) groups is 1. The molecule has 1 heterocycles. The molecule has 0 radical (unpaired) electrons. The zero-order valence-electron chi connectivity index (χ0n) is 11.7. The molecule has 0 fully saturated rings. The summed E-state index contributed by atoms with van der Waals surface area (Å²) in [5, 5.41) is 9.88. The first kappa shape index (κ1) is 14.5. The molecule has 0 aromatic heterocycles. The molecule has 0 saturated heterocycles. The van der Waals surface area contributed by atoms with Crippen LogP contribution in [0.1, 0.15) is 16.7 Å². The number of hydrogen-bond donors (Lipinski definition) is 1. The van der Waals surface area contributed by atoms with E-state index in [1.807, 2.05) is 31.2 Å². The number of nitrogens with zero attached hydrogens (tertiary/aromatic N) is 1. The van der Waals surface area contributed by atoms with Crippen LogP contribution in [0.4, 0.5) is 0 Å². The summed E-state index contributed by atoms with van der Waals surface area (Å²) < 4.78 is 5.94. The molecule has 4 nitrogen and oxygen atoms in total. The highest BCUT2D eigenvalue weighted by Gasteiger charge is 2.24. The predicted octanol–water partition coefficient (Wildman–Crippen LogP) is 3.81. The van der Waals surface area contributed by atoms with Gasteiger partial charge in [0.15, 0.2) is 5.70 Å². The van der Waals surface area contributed by atoms with Crippen LogP contribution in [0.5, 0.6) is 5.75 Å². The third-order valence-corrected chi connectivity index (χ3v) is 3.70. The lowest BCUT2D eigenvalue weighted by Crippen LogP contribution is -2.05. The molecule has 0 amide bonds. The normalized spacial score (nSPS) is 15.8. The Morgan fingerprint density at radius 3 is 2.59 bits per heavy atom. The second kappa shape index (κ2) is 5.77. The molecule has 1 N–H and O–H groups in total. The zero-order valence-corrected chi connectivity index (χ0v) is 13.3. The third-order valence-electron chi connectivity index (χ3n) is 3.20. The van der Waals surface area contributed by atoms with Crippen LogP contribution in [0.25, 0.3) is 6.08 Å². The van der Waals surface area contributed by atoms with Crippen LogP contribution in [0.3, 0.4) is 0 Å². The fourth-order valence-electron chi connectivity index (χ4n) is 2.01. The molecular weight excluding hydrogens is 346 g/mol. The number of halogens is 1. The molecule has 0 spiro atoms. The van der Waals surface area contributed by atoms with Crippen molar-refractivity contribution in [1.29, 1.82) is 0 Å². The molecule has 0 atom stereocenters. The maximum atomic E-state index is 11.9. The van der Waals surface area contributed by atoms with Crippen LogP contribution in [0.2, 0.25) is 0 Å². The highest BCUT2D eigenvalue weighted by molar-refractivity contribution is 9.10. The number of cyclic esters (lactones) is 1. The number of ether oxygens (including phenoxy) is 1. The van der Waals surface area contributed by atoms with Gasteiger partial charge >= 0.3 is 5.97 Å². The summed E-state index contributed by atoms with van der Waals surface area (Å²) in [6.45, 7) is 1.98. The number of esters is 1. The average Bonchev–Trinajstić information content (AvgIpc) is 2.84. The van der Waals surface area contributed by atoms with Crippen molar-refractivity contribution in [2.45, 2.75) is 6.92 Å². The largest absolute Gasteiger partial charge is 0.507 e. The van der Waals surface area contributed by atoms with Crippen LogP contribution >= 0.6 is 15.9 Å². The van der Waals surface area contributed by atoms with E-state index in [9.17, 15) is 9.90 Å². The van der Waals surface area contributed by atoms with Gasteiger partial charge in [-0.2, -0.15) is 0 Å². The molecular formula is C17H12BrNO3. The van der Waals surface area contributed by atoms with E-state index in [1.54, 1.807) is 18.2 Å². The number of carbonyl (C=O) groups is 1. The van der Waals surface area contributed by atoms with Gasteiger partial charge in [0, 0.05) is 15.6 Å². The second-order valence-corrected chi connectivity index (χ2v) is 5.82. The molecule has 0 unspecified atom stereocenters. The van der Waals surface area contributed by atoms with Crippen LogP contribution in [-0.2, 0) is 9.53 Å². The summed E-state index contributed by atoms with van der Waals surface area (Å²) in [5.74, 6) is -0.195. The van der Waals surface area contributed by atoms with Crippen molar-refractivity contribution in [3.63, 3.8) is 0 Å². The number of carbonyl (C=O) groups excluding carboxylic acids is 1. The van der Waals surface area contributed by atoms with Crippen molar-refractivity contribution < 1.29 is 14.6 Å². The first-order chi connectivity index (χ1) is 10.5. The minimum Gasteiger partial charge on any atom is -0.507 e. The fourth-order valence-corrected chi connectivity index (χ4v) is 2.36. The van der Waals surface area contributed by atoms with Gasteiger partial charge in [-0.1, -0.05) is 39.7 Å². The first-order valence-electron chi connectivity index (χ1n) is 6.61. The smallest absolute Gasteiger partial charge is 0.363 e. The van der Waals surface area contributed by atoms with E-state index in [2.05, 4.69) is 20.9 Å². The number of phenols is 1. The lowest BCUT2D eigenvalue weighted by atomic mass is 10.1. The van der Waals surface area contributed by atoms with Crippen molar-refractivity contribution in [1.82, 2.24) is 0 Å². The van der Waals surface area contributed by atoms with Crippen LogP contribution in [-0.4, -0.2) is 17.0 Å². The number of aryl methyl sites for hydroxylation is 1. The minimum atomic E-state index is -0.530. The van der Waals surface area contributed by atoms with E-state index in [0.717, 1.165) is 15.6 Å². The molecule has 5 heteroatoms. The number of aromatic hydroxyl groups is 1. The van der Waals surface area contributed by atoms with Crippen molar-refractivity contribution in [2.75, 3.05) is 0 Å². The maximum Gasteiger partial charge on any atom is 0.363 e. The maximum absolute atomic E-state index is 11.9. The van der Waals surface area contributed by atoms with Crippen LogP contribution in [0, 0.1) is 6.92 Å². The Labute approximate surface area is 135 Å². The molecule has 110 valence electrons. The Morgan fingerprint density at radius 1 is 1.18 bits per heavy atom. The average molecular weight is 358 g/mol. The van der Waals surface area contributed by atoms with Crippen molar-refractivity contribution in [3.05, 3.63) is 69.3 Å².